The number of carbonyl (C=O) groups excluding carboxylic acids is 1. The van der Waals surface area contributed by atoms with Gasteiger partial charge in [-0.2, -0.15) is 4.31 Å². The smallest absolute Gasteiger partial charge is 0.247 e. The molecule has 2 heterocycles. The number of pyridine rings is 1. The Kier molecular flexibility index (Phi) is 10.1. The molecule has 4 N–H and O–H groups in total. The number of hydrogen-bond acceptors (Lipinski definition) is 8. The van der Waals surface area contributed by atoms with Gasteiger partial charge in [0, 0.05) is 36.9 Å². The van der Waals surface area contributed by atoms with E-state index in [-0.39, 0.29) is 23.5 Å². The zero-order chi connectivity index (χ0) is 32.0. The number of nitrogens with zero attached hydrogens (tertiary/aromatic N) is 2. The molecular formula is C34H41N5O5S. The first-order valence-corrected chi connectivity index (χ1v) is 16.8. The van der Waals surface area contributed by atoms with Crippen molar-refractivity contribution in [1.29, 1.82) is 0 Å². The maximum atomic E-state index is 14.0. The van der Waals surface area contributed by atoms with Crippen molar-refractivity contribution in [2.24, 2.45) is 0 Å². The molecule has 1 aliphatic heterocycles. The van der Waals surface area contributed by atoms with Crippen LogP contribution in [0, 0.1) is 0 Å². The fourth-order valence-electron chi connectivity index (χ4n) is 5.51. The van der Waals surface area contributed by atoms with E-state index in [9.17, 15) is 13.2 Å². The van der Waals surface area contributed by atoms with Gasteiger partial charge < -0.3 is 25.8 Å². The summed E-state index contributed by atoms with van der Waals surface area (Å²) >= 11 is 0. The largest absolute Gasteiger partial charge is 0.490 e. The Morgan fingerprint density at radius 1 is 1.00 bits per heavy atom. The standard InChI is InChI=1S/C34H41N5O5S/c1-4-43-30-21-25(12-15-29(30)44-23(2)3)32(38-27-13-14-28-24(20-27)16-17-36-33(28)35)34(40)37-22-26-10-6-7-11-31(26)45(41,42)39-18-8-5-9-19-39/h6-7,10-17,20-21,23,32,38H,4-5,8-9,18-19,22H2,1-3H3,(H2,35,36)(H,37,40). The van der Waals surface area contributed by atoms with Crippen LogP contribution >= 0.6 is 0 Å². The van der Waals surface area contributed by atoms with Crippen LogP contribution in [0.3, 0.4) is 0 Å². The van der Waals surface area contributed by atoms with Crippen molar-refractivity contribution in [3.63, 3.8) is 0 Å². The number of hydrogen-bond donors (Lipinski definition) is 3. The summed E-state index contributed by atoms with van der Waals surface area (Å²) < 4.78 is 40.5. The summed E-state index contributed by atoms with van der Waals surface area (Å²) in [5.74, 6) is 1.20. The van der Waals surface area contributed by atoms with E-state index in [0.29, 0.717) is 53.8 Å². The van der Waals surface area contributed by atoms with E-state index in [1.807, 2.05) is 51.1 Å². The number of nitrogen functional groups attached to an aromatic ring is 1. The van der Waals surface area contributed by atoms with Crippen molar-refractivity contribution in [3.05, 3.63) is 84.1 Å². The van der Waals surface area contributed by atoms with Gasteiger partial charge in [0.25, 0.3) is 0 Å². The number of nitrogens with two attached hydrogens (primary N) is 1. The number of anilines is 2. The average Bonchev–Trinajstić information content (AvgIpc) is 3.04. The van der Waals surface area contributed by atoms with Gasteiger partial charge in [-0.05, 0) is 92.6 Å². The van der Waals surface area contributed by atoms with Crippen molar-refractivity contribution in [1.82, 2.24) is 14.6 Å². The molecule has 1 atom stereocenters. The summed E-state index contributed by atoms with van der Waals surface area (Å²) in [6.45, 7) is 7.22. The molecule has 0 saturated carbocycles. The van der Waals surface area contributed by atoms with E-state index >= 15 is 0 Å². The lowest BCUT2D eigenvalue weighted by atomic mass is 10.0. The Labute approximate surface area is 265 Å². The van der Waals surface area contributed by atoms with Gasteiger partial charge in [0.15, 0.2) is 11.5 Å². The minimum atomic E-state index is -3.69. The second kappa shape index (κ2) is 14.2. The number of fused-ring (bicyclic) bond motifs is 1. The first-order chi connectivity index (χ1) is 21.7. The summed E-state index contributed by atoms with van der Waals surface area (Å²) in [5.41, 5.74) is 7.93. The Bertz CT molecular complexity index is 1760. The minimum Gasteiger partial charge on any atom is -0.490 e. The van der Waals surface area contributed by atoms with Gasteiger partial charge in [-0.25, -0.2) is 13.4 Å². The summed E-state index contributed by atoms with van der Waals surface area (Å²) in [5, 5.41) is 8.05. The van der Waals surface area contributed by atoms with Crippen LogP contribution in [0.15, 0.2) is 77.8 Å². The zero-order valence-corrected chi connectivity index (χ0v) is 26.8. The summed E-state index contributed by atoms with van der Waals surface area (Å²) in [4.78, 5) is 18.4. The molecule has 0 bridgehead atoms. The molecule has 1 amide bonds. The predicted molar refractivity (Wildman–Crippen MR) is 177 cm³/mol. The minimum absolute atomic E-state index is 0.0348. The molecule has 45 heavy (non-hydrogen) atoms. The third-order valence-electron chi connectivity index (χ3n) is 7.69. The van der Waals surface area contributed by atoms with E-state index in [4.69, 9.17) is 15.2 Å². The Morgan fingerprint density at radius 3 is 2.53 bits per heavy atom. The van der Waals surface area contributed by atoms with Crippen LogP contribution in [-0.4, -0.2) is 49.4 Å². The summed E-state index contributed by atoms with van der Waals surface area (Å²) in [7, 11) is -3.69. The van der Waals surface area contributed by atoms with E-state index in [0.717, 1.165) is 30.0 Å². The Balaban J connectivity index is 1.46. The lowest BCUT2D eigenvalue weighted by Gasteiger charge is -2.27. The molecule has 4 aromatic rings. The second-order valence-corrected chi connectivity index (χ2v) is 13.2. The first-order valence-electron chi connectivity index (χ1n) is 15.4. The van der Waals surface area contributed by atoms with E-state index in [1.54, 1.807) is 46.9 Å². The number of rotatable bonds is 12. The molecule has 11 heteroatoms. The van der Waals surface area contributed by atoms with Crippen LogP contribution in [0.2, 0.25) is 0 Å². The molecule has 5 rings (SSSR count). The molecule has 1 saturated heterocycles. The third-order valence-corrected chi connectivity index (χ3v) is 9.69. The number of nitrogens with one attached hydrogen (secondary N) is 2. The fraction of sp³-hybridized carbons (Fsp3) is 0.353. The van der Waals surface area contributed by atoms with Crippen LogP contribution in [-0.2, 0) is 21.4 Å². The van der Waals surface area contributed by atoms with Crippen LogP contribution in [0.4, 0.5) is 11.5 Å². The highest BCUT2D eigenvalue weighted by Crippen LogP contribution is 2.34. The van der Waals surface area contributed by atoms with Gasteiger partial charge in [0.1, 0.15) is 11.9 Å². The Morgan fingerprint density at radius 2 is 1.78 bits per heavy atom. The van der Waals surface area contributed by atoms with E-state index in [1.165, 1.54) is 0 Å². The monoisotopic (exact) mass is 631 g/mol. The molecule has 0 spiro atoms. The van der Waals surface area contributed by atoms with E-state index in [2.05, 4.69) is 15.6 Å². The van der Waals surface area contributed by atoms with Crippen LogP contribution in [0.25, 0.3) is 10.8 Å². The van der Waals surface area contributed by atoms with Crippen molar-refractivity contribution >= 4 is 38.2 Å². The zero-order valence-electron chi connectivity index (χ0n) is 26.0. The van der Waals surface area contributed by atoms with Gasteiger partial charge >= 0.3 is 0 Å². The number of ether oxygens (including phenoxy) is 2. The average molecular weight is 632 g/mol. The highest BCUT2D eigenvalue weighted by Gasteiger charge is 2.29. The molecule has 10 nitrogen and oxygen atoms in total. The van der Waals surface area contributed by atoms with Crippen molar-refractivity contribution in [2.75, 3.05) is 30.7 Å². The van der Waals surface area contributed by atoms with Crippen LogP contribution in [0.5, 0.6) is 11.5 Å². The predicted octanol–water partition coefficient (Wildman–Crippen LogP) is 5.65. The Hall–Kier alpha value is -4.35. The number of amides is 1. The molecule has 0 aliphatic carbocycles. The summed E-state index contributed by atoms with van der Waals surface area (Å²) in [6, 6.07) is 18.9. The van der Waals surface area contributed by atoms with Gasteiger partial charge in [0.2, 0.25) is 15.9 Å². The van der Waals surface area contributed by atoms with Crippen LogP contribution < -0.4 is 25.8 Å². The van der Waals surface area contributed by atoms with Gasteiger partial charge in [-0.3, -0.25) is 4.79 Å². The number of aromatic nitrogens is 1. The molecule has 1 fully saturated rings. The normalized spacial score (nSPS) is 14.7. The van der Waals surface area contributed by atoms with Crippen molar-refractivity contribution in [2.45, 2.75) is 63.6 Å². The fourth-order valence-corrected chi connectivity index (χ4v) is 7.25. The number of sulfonamides is 1. The van der Waals surface area contributed by atoms with E-state index < -0.39 is 16.1 Å². The SMILES string of the molecule is CCOc1cc(C(Nc2ccc3c(N)nccc3c2)C(=O)NCc2ccccc2S(=O)(=O)N2CCCCC2)ccc1OC(C)C. The van der Waals surface area contributed by atoms with Gasteiger partial charge in [0.05, 0.1) is 17.6 Å². The number of carbonyl (C=O) groups is 1. The molecule has 1 aliphatic rings. The number of benzene rings is 3. The highest BCUT2D eigenvalue weighted by atomic mass is 32.2. The van der Waals surface area contributed by atoms with Crippen LogP contribution in [0.1, 0.15) is 57.2 Å². The quantitative estimate of drug-likeness (QED) is 0.183. The summed E-state index contributed by atoms with van der Waals surface area (Å²) in [6.07, 6.45) is 4.29. The van der Waals surface area contributed by atoms with Gasteiger partial charge in [-0.15, -0.1) is 0 Å². The van der Waals surface area contributed by atoms with Crippen molar-refractivity contribution in [3.8, 4) is 11.5 Å². The third kappa shape index (κ3) is 7.49. The maximum absolute atomic E-state index is 14.0. The molecule has 3 aromatic carbocycles. The number of piperidine rings is 1. The molecule has 1 aromatic heterocycles. The first kappa shape index (κ1) is 32.1. The van der Waals surface area contributed by atoms with Gasteiger partial charge in [-0.1, -0.05) is 30.7 Å². The lowest BCUT2D eigenvalue weighted by Crippen LogP contribution is -2.37. The lowest BCUT2D eigenvalue weighted by molar-refractivity contribution is -0.122. The molecule has 238 valence electrons. The van der Waals surface area contributed by atoms with Crippen molar-refractivity contribution < 1.29 is 22.7 Å². The molecular weight excluding hydrogens is 590 g/mol. The second-order valence-electron chi connectivity index (χ2n) is 11.3. The highest BCUT2D eigenvalue weighted by molar-refractivity contribution is 7.89. The molecule has 1 unspecified atom stereocenters. The topological polar surface area (TPSA) is 136 Å². The molecule has 0 radical (unpaired) electrons. The maximum Gasteiger partial charge on any atom is 0.247 e.